The van der Waals surface area contributed by atoms with Gasteiger partial charge >= 0.3 is 0 Å². The molecule has 3 nitrogen and oxygen atoms in total. The van der Waals surface area contributed by atoms with Crippen molar-refractivity contribution < 1.29 is 4.79 Å². The van der Waals surface area contributed by atoms with Crippen molar-refractivity contribution in [2.45, 2.75) is 0 Å². The first-order chi connectivity index (χ1) is 8.99. The van der Waals surface area contributed by atoms with Gasteiger partial charge in [0, 0.05) is 8.04 Å². The number of rotatable bonds is 2. The van der Waals surface area contributed by atoms with Gasteiger partial charge in [0.1, 0.15) is 0 Å². The Balaban J connectivity index is 2.34. The Kier molecular flexibility index (Phi) is 4.70. The van der Waals surface area contributed by atoms with E-state index >= 15 is 0 Å². The summed E-state index contributed by atoms with van der Waals surface area (Å²) in [5.41, 5.74) is 7.20. The van der Waals surface area contributed by atoms with Crippen LogP contribution in [0.2, 0.25) is 5.02 Å². The zero-order valence-corrected chi connectivity index (χ0v) is 14.1. The molecular formula is C13H9BrClIN2O. The third-order valence-electron chi connectivity index (χ3n) is 2.46. The van der Waals surface area contributed by atoms with Crippen molar-refractivity contribution >= 4 is 67.4 Å². The van der Waals surface area contributed by atoms with Crippen molar-refractivity contribution in [3.8, 4) is 0 Å². The van der Waals surface area contributed by atoms with E-state index in [1.54, 1.807) is 24.3 Å². The van der Waals surface area contributed by atoms with Gasteiger partial charge in [-0.2, -0.15) is 0 Å². The first-order valence-corrected chi connectivity index (χ1v) is 7.54. The molecule has 0 aliphatic carbocycles. The number of benzene rings is 2. The van der Waals surface area contributed by atoms with Crippen LogP contribution in [0.25, 0.3) is 0 Å². The smallest absolute Gasteiger partial charge is 0.256 e. The van der Waals surface area contributed by atoms with Crippen LogP contribution in [-0.2, 0) is 0 Å². The minimum absolute atomic E-state index is 0.259. The second-order valence-corrected chi connectivity index (χ2v) is 6.29. The molecule has 0 unspecified atom stereocenters. The highest BCUT2D eigenvalue weighted by molar-refractivity contribution is 14.1. The predicted octanol–water partition coefficient (Wildman–Crippen LogP) is 4.54. The predicted molar refractivity (Wildman–Crippen MR) is 90.7 cm³/mol. The highest BCUT2D eigenvalue weighted by Gasteiger charge is 2.13. The fraction of sp³-hybridized carbons (Fsp3) is 0. The Morgan fingerprint density at radius 1 is 1.32 bits per heavy atom. The summed E-state index contributed by atoms with van der Waals surface area (Å²) in [5, 5.41) is 3.15. The molecule has 19 heavy (non-hydrogen) atoms. The van der Waals surface area contributed by atoms with Crippen LogP contribution in [-0.4, -0.2) is 5.91 Å². The molecule has 0 saturated carbocycles. The maximum atomic E-state index is 12.2. The molecule has 0 saturated heterocycles. The standard InChI is InChI=1S/C13H9BrClIN2O/c14-9-5-4-7(16)6-8(9)13(19)18-12-10(15)2-1-3-11(12)17/h1-6H,17H2,(H,18,19). The molecule has 2 aromatic carbocycles. The molecule has 0 heterocycles. The van der Waals surface area contributed by atoms with Crippen molar-refractivity contribution in [1.82, 2.24) is 0 Å². The monoisotopic (exact) mass is 450 g/mol. The Hall–Kier alpha value is -0.790. The molecule has 3 N–H and O–H groups in total. The van der Waals surface area contributed by atoms with Crippen LogP contribution >= 0.6 is 50.1 Å². The van der Waals surface area contributed by atoms with E-state index in [4.69, 9.17) is 17.3 Å². The quantitative estimate of drug-likeness (QED) is 0.520. The lowest BCUT2D eigenvalue weighted by Gasteiger charge is -2.11. The van der Waals surface area contributed by atoms with E-state index in [0.717, 1.165) is 8.04 Å². The topological polar surface area (TPSA) is 55.1 Å². The molecule has 1 amide bonds. The highest BCUT2D eigenvalue weighted by Crippen LogP contribution is 2.29. The van der Waals surface area contributed by atoms with Crippen molar-refractivity contribution in [3.63, 3.8) is 0 Å². The molecule has 0 fully saturated rings. The van der Waals surface area contributed by atoms with Gasteiger partial charge in [0.15, 0.2) is 0 Å². The van der Waals surface area contributed by atoms with E-state index in [1.807, 2.05) is 12.1 Å². The second kappa shape index (κ2) is 6.11. The normalized spacial score (nSPS) is 10.3. The average Bonchev–Trinajstić information content (AvgIpc) is 2.37. The van der Waals surface area contributed by atoms with E-state index in [-0.39, 0.29) is 5.91 Å². The molecule has 6 heteroatoms. The molecule has 0 atom stereocenters. The molecular weight excluding hydrogens is 442 g/mol. The number of nitrogens with one attached hydrogen (secondary N) is 1. The molecule has 2 aromatic rings. The van der Waals surface area contributed by atoms with Crippen LogP contribution in [0.4, 0.5) is 11.4 Å². The summed E-state index contributed by atoms with van der Waals surface area (Å²) < 4.78 is 1.69. The van der Waals surface area contributed by atoms with E-state index in [2.05, 4.69) is 43.8 Å². The SMILES string of the molecule is Nc1cccc(Cl)c1NC(=O)c1cc(I)ccc1Br. The van der Waals surface area contributed by atoms with Crippen LogP contribution in [0.3, 0.4) is 0 Å². The first kappa shape index (κ1) is 14.6. The van der Waals surface area contributed by atoms with E-state index < -0.39 is 0 Å². The molecule has 0 aliphatic heterocycles. The van der Waals surface area contributed by atoms with Crippen LogP contribution in [0.1, 0.15) is 10.4 Å². The third kappa shape index (κ3) is 3.40. The number of carbonyl (C=O) groups is 1. The summed E-state index contributed by atoms with van der Waals surface area (Å²) in [6, 6.07) is 10.6. The number of para-hydroxylation sites is 1. The zero-order chi connectivity index (χ0) is 14.0. The number of nitrogen functional groups attached to an aromatic ring is 1. The van der Waals surface area contributed by atoms with Crippen molar-refractivity contribution in [2.75, 3.05) is 11.1 Å². The van der Waals surface area contributed by atoms with Crippen molar-refractivity contribution in [1.29, 1.82) is 0 Å². The molecule has 2 rings (SSSR count). The fourth-order valence-electron chi connectivity index (χ4n) is 1.53. The molecule has 0 bridgehead atoms. The number of hydrogen-bond donors (Lipinski definition) is 2. The summed E-state index contributed by atoms with van der Waals surface area (Å²) >= 11 is 11.5. The Morgan fingerprint density at radius 3 is 2.74 bits per heavy atom. The van der Waals surface area contributed by atoms with E-state index in [1.165, 1.54) is 0 Å². The van der Waals surface area contributed by atoms with Crippen LogP contribution in [0.15, 0.2) is 40.9 Å². The van der Waals surface area contributed by atoms with Crippen molar-refractivity contribution in [2.24, 2.45) is 0 Å². The average molecular weight is 451 g/mol. The van der Waals surface area contributed by atoms with Crippen LogP contribution in [0, 0.1) is 3.57 Å². The minimum atomic E-state index is -0.259. The van der Waals surface area contributed by atoms with Gasteiger partial charge in [-0.15, -0.1) is 0 Å². The third-order valence-corrected chi connectivity index (χ3v) is 4.13. The highest BCUT2D eigenvalue weighted by atomic mass is 127. The molecule has 0 aliphatic rings. The summed E-state index contributed by atoms with van der Waals surface area (Å²) in [5.74, 6) is -0.259. The number of halogens is 3. The van der Waals surface area contributed by atoms with Gasteiger partial charge in [0.2, 0.25) is 0 Å². The van der Waals surface area contributed by atoms with Crippen LogP contribution in [0.5, 0.6) is 0 Å². The van der Waals surface area contributed by atoms with Gasteiger partial charge in [-0.1, -0.05) is 17.7 Å². The summed E-state index contributed by atoms with van der Waals surface area (Å²) in [6.07, 6.45) is 0. The minimum Gasteiger partial charge on any atom is -0.397 e. The second-order valence-electron chi connectivity index (χ2n) is 3.78. The molecule has 0 radical (unpaired) electrons. The molecule has 98 valence electrons. The number of nitrogens with two attached hydrogens (primary N) is 1. The van der Waals surface area contributed by atoms with Gasteiger partial charge in [-0.25, -0.2) is 0 Å². The van der Waals surface area contributed by atoms with E-state index in [9.17, 15) is 4.79 Å². The number of anilines is 2. The summed E-state index contributed by atoms with van der Waals surface area (Å²) in [6.45, 7) is 0. The number of carbonyl (C=O) groups excluding carboxylic acids is 1. The molecule has 0 spiro atoms. The number of amides is 1. The lowest BCUT2D eigenvalue weighted by atomic mass is 10.2. The van der Waals surface area contributed by atoms with E-state index in [0.29, 0.717) is 22.0 Å². The summed E-state index contributed by atoms with van der Waals surface area (Å²) in [4.78, 5) is 12.2. The van der Waals surface area contributed by atoms with Gasteiger partial charge in [-0.05, 0) is 68.9 Å². The fourth-order valence-corrected chi connectivity index (χ4v) is 2.67. The summed E-state index contributed by atoms with van der Waals surface area (Å²) in [7, 11) is 0. The van der Waals surface area contributed by atoms with Gasteiger partial charge in [-0.3, -0.25) is 4.79 Å². The lowest BCUT2D eigenvalue weighted by molar-refractivity contribution is 0.102. The Bertz CT molecular complexity index is 628. The number of hydrogen-bond acceptors (Lipinski definition) is 2. The zero-order valence-electron chi connectivity index (χ0n) is 9.58. The van der Waals surface area contributed by atoms with Gasteiger partial charge in [0.05, 0.1) is 22.0 Å². The largest absolute Gasteiger partial charge is 0.397 e. The molecule has 0 aromatic heterocycles. The van der Waals surface area contributed by atoms with Gasteiger partial charge < -0.3 is 11.1 Å². The Labute approximate surface area is 137 Å². The van der Waals surface area contributed by atoms with Crippen molar-refractivity contribution in [3.05, 3.63) is 55.0 Å². The van der Waals surface area contributed by atoms with Crippen LogP contribution < -0.4 is 11.1 Å². The lowest BCUT2D eigenvalue weighted by Crippen LogP contribution is -2.14. The Morgan fingerprint density at radius 2 is 2.05 bits per heavy atom. The maximum absolute atomic E-state index is 12.2. The first-order valence-electron chi connectivity index (χ1n) is 5.29. The van der Waals surface area contributed by atoms with Gasteiger partial charge in [0.25, 0.3) is 5.91 Å². The maximum Gasteiger partial charge on any atom is 0.256 e.